The first kappa shape index (κ1) is 15.0. The fourth-order valence-electron chi connectivity index (χ4n) is 2.78. The molecule has 1 N–H and O–H groups in total. The molecule has 2 heteroatoms. The molecule has 1 saturated carbocycles. The molecular weight excluding hydrogens is 210 g/mol. The van der Waals surface area contributed by atoms with Gasteiger partial charge in [-0.15, -0.1) is 0 Å². The van der Waals surface area contributed by atoms with Crippen LogP contribution in [0.1, 0.15) is 60.3 Å². The summed E-state index contributed by atoms with van der Waals surface area (Å²) in [4.78, 5) is 0. The van der Waals surface area contributed by atoms with Crippen molar-refractivity contribution in [1.82, 2.24) is 5.32 Å². The lowest BCUT2D eigenvalue weighted by molar-refractivity contribution is -0.0134. The van der Waals surface area contributed by atoms with Crippen LogP contribution in [0.2, 0.25) is 0 Å². The van der Waals surface area contributed by atoms with E-state index >= 15 is 0 Å². The molecule has 0 radical (unpaired) electrons. The summed E-state index contributed by atoms with van der Waals surface area (Å²) in [5.41, 5.74) is 0. The van der Waals surface area contributed by atoms with Crippen molar-refractivity contribution in [3.8, 4) is 0 Å². The van der Waals surface area contributed by atoms with Crippen LogP contribution in [0, 0.1) is 11.8 Å². The van der Waals surface area contributed by atoms with Crippen molar-refractivity contribution in [2.24, 2.45) is 11.8 Å². The second-order valence-corrected chi connectivity index (χ2v) is 6.37. The van der Waals surface area contributed by atoms with Gasteiger partial charge in [-0.25, -0.2) is 0 Å². The van der Waals surface area contributed by atoms with E-state index in [-0.39, 0.29) is 0 Å². The third-order valence-electron chi connectivity index (χ3n) is 3.48. The van der Waals surface area contributed by atoms with Crippen molar-refractivity contribution in [2.45, 2.75) is 78.5 Å². The Labute approximate surface area is 108 Å². The zero-order valence-electron chi connectivity index (χ0n) is 12.3. The second-order valence-electron chi connectivity index (χ2n) is 6.37. The number of hydrogen-bond acceptors (Lipinski definition) is 2. The first-order valence-corrected chi connectivity index (χ1v) is 7.38. The quantitative estimate of drug-likeness (QED) is 0.701. The monoisotopic (exact) mass is 241 g/mol. The molecule has 0 saturated heterocycles. The molecule has 0 aromatic carbocycles. The predicted octanol–water partition coefficient (Wildman–Crippen LogP) is 3.60. The summed E-state index contributed by atoms with van der Waals surface area (Å²) in [7, 11) is 0. The van der Waals surface area contributed by atoms with E-state index in [9.17, 15) is 0 Å². The molecule has 0 unspecified atom stereocenters. The van der Waals surface area contributed by atoms with E-state index in [1.54, 1.807) is 0 Å². The molecule has 1 rings (SSSR count). The van der Waals surface area contributed by atoms with E-state index in [4.69, 9.17) is 4.74 Å². The van der Waals surface area contributed by atoms with Crippen LogP contribution in [0.5, 0.6) is 0 Å². The summed E-state index contributed by atoms with van der Waals surface area (Å²) in [6, 6.07) is 1.40. The molecule has 1 aliphatic carbocycles. The standard InChI is InChI=1S/C15H31NO/c1-6-17-15-9-14(10-15)16-13(7-11(2)3)8-12(4)5/h11-16H,6-10H2,1-5H3. The molecule has 0 bridgehead atoms. The topological polar surface area (TPSA) is 21.3 Å². The average molecular weight is 241 g/mol. The predicted molar refractivity (Wildman–Crippen MR) is 74.3 cm³/mol. The lowest BCUT2D eigenvalue weighted by Crippen LogP contribution is -2.50. The molecule has 2 nitrogen and oxygen atoms in total. The zero-order valence-corrected chi connectivity index (χ0v) is 12.3. The van der Waals surface area contributed by atoms with E-state index in [0.29, 0.717) is 18.2 Å². The normalized spacial score (nSPS) is 24.7. The maximum atomic E-state index is 5.61. The lowest BCUT2D eigenvalue weighted by Gasteiger charge is -2.39. The molecule has 1 fully saturated rings. The molecular formula is C15H31NO. The van der Waals surface area contributed by atoms with Crippen LogP contribution < -0.4 is 5.32 Å². The molecule has 0 heterocycles. The van der Waals surface area contributed by atoms with Gasteiger partial charge < -0.3 is 10.1 Å². The van der Waals surface area contributed by atoms with Crippen LogP contribution in [-0.4, -0.2) is 24.8 Å². The van der Waals surface area contributed by atoms with Gasteiger partial charge in [0.25, 0.3) is 0 Å². The van der Waals surface area contributed by atoms with Gasteiger partial charge in [-0.1, -0.05) is 27.7 Å². The van der Waals surface area contributed by atoms with Crippen molar-refractivity contribution >= 4 is 0 Å². The number of ether oxygens (including phenoxy) is 1. The molecule has 0 aromatic rings. The Balaban J connectivity index is 2.25. The Morgan fingerprint density at radius 3 is 2.00 bits per heavy atom. The summed E-state index contributed by atoms with van der Waals surface area (Å²) in [5, 5.41) is 3.82. The van der Waals surface area contributed by atoms with E-state index in [0.717, 1.165) is 18.4 Å². The minimum absolute atomic E-state index is 0.524. The van der Waals surface area contributed by atoms with Gasteiger partial charge in [0.15, 0.2) is 0 Å². The number of nitrogens with one attached hydrogen (secondary N) is 1. The van der Waals surface area contributed by atoms with Crippen molar-refractivity contribution in [3.63, 3.8) is 0 Å². The molecule has 0 amide bonds. The minimum atomic E-state index is 0.524. The van der Waals surface area contributed by atoms with Crippen molar-refractivity contribution < 1.29 is 4.74 Å². The zero-order chi connectivity index (χ0) is 12.8. The first-order chi connectivity index (χ1) is 8.01. The smallest absolute Gasteiger partial charge is 0.0604 e. The Hall–Kier alpha value is -0.0800. The molecule has 0 aliphatic heterocycles. The van der Waals surface area contributed by atoms with Crippen LogP contribution in [0.15, 0.2) is 0 Å². The third kappa shape index (κ3) is 5.87. The van der Waals surface area contributed by atoms with E-state index in [1.807, 2.05) is 0 Å². The van der Waals surface area contributed by atoms with E-state index < -0.39 is 0 Å². The van der Waals surface area contributed by atoms with Crippen molar-refractivity contribution in [3.05, 3.63) is 0 Å². The molecule has 0 atom stereocenters. The second kappa shape index (κ2) is 7.38. The Morgan fingerprint density at radius 1 is 1.06 bits per heavy atom. The fourth-order valence-corrected chi connectivity index (χ4v) is 2.78. The molecule has 102 valence electrons. The van der Waals surface area contributed by atoms with Crippen LogP contribution in [0.4, 0.5) is 0 Å². The maximum absolute atomic E-state index is 5.61. The highest BCUT2D eigenvalue weighted by atomic mass is 16.5. The van der Waals surface area contributed by atoms with E-state index in [2.05, 4.69) is 39.9 Å². The average Bonchev–Trinajstić information content (AvgIpc) is 2.12. The highest BCUT2D eigenvalue weighted by molar-refractivity contribution is 4.88. The van der Waals surface area contributed by atoms with Gasteiger partial charge in [-0.3, -0.25) is 0 Å². The van der Waals surface area contributed by atoms with Crippen LogP contribution in [0.3, 0.4) is 0 Å². The van der Waals surface area contributed by atoms with Gasteiger partial charge in [-0.2, -0.15) is 0 Å². The first-order valence-electron chi connectivity index (χ1n) is 7.38. The fraction of sp³-hybridized carbons (Fsp3) is 1.00. The van der Waals surface area contributed by atoms with Crippen molar-refractivity contribution in [2.75, 3.05) is 6.61 Å². The highest BCUT2D eigenvalue weighted by Crippen LogP contribution is 2.25. The highest BCUT2D eigenvalue weighted by Gasteiger charge is 2.31. The summed E-state index contributed by atoms with van der Waals surface area (Å²) in [5.74, 6) is 1.57. The summed E-state index contributed by atoms with van der Waals surface area (Å²) in [6.07, 6.45) is 5.54. The molecule has 1 aliphatic rings. The van der Waals surface area contributed by atoms with Crippen molar-refractivity contribution in [1.29, 1.82) is 0 Å². The van der Waals surface area contributed by atoms with Gasteiger partial charge in [0, 0.05) is 18.7 Å². The molecule has 0 aromatic heterocycles. The van der Waals surface area contributed by atoms with Gasteiger partial charge in [0.05, 0.1) is 6.10 Å². The van der Waals surface area contributed by atoms with Gasteiger partial charge in [0.1, 0.15) is 0 Å². The summed E-state index contributed by atoms with van der Waals surface area (Å²) < 4.78 is 5.61. The number of rotatable bonds is 8. The van der Waals surface area contributed by atoms with Crippen LogP contribution in [-0.2, 0) is 4.74 Å². The Morgan fingerprint density at radius 2 is 1.59 bits per heavy atom. The minimum Gasteiger partial charge on any atom is -0.378 e. The van der Waals surface area contributed by atoms with E-state index in [1.165, 1.54) is 25.7 Å². The van der Waals surface area contributed by atoms with Gasteiger partial charge in [-0.05, 0) is 44.4 Å². The summed E-state index contributed by atoms with van der Waals surface area (Å²) >= 11 is 0. The molecule has 0 spiro atoms. The molecule has 17 heavy (non-hydrogen) atoms. The number of hydrogen-bond donors (Lipinski definition) is 1. The van der Waals surface area contributed by atoms with Crippen LogP contribution in [0.25, 0.3) is 0 Å². The lowest BCUT2D eigenvalue weighted by atomic mass is 9.86. The maximum Gasteiger partial charge on any atom is 0.0604 e. The Bertz CT molecular complexity index is 187. The Kier molecular flexibility index (Phi) is 6.50. The van der Waals surface area contributed by atoms with Crippen LogP contribution >= 0.6 is 0 Å². The summed E-state index contributed by atoms with van der Waals surface area (Å²) in [6.45, 7) is 12.2. The largest absolute Gasteiger partial charge is 0.378 e. The van der Waals surface area contributed by atoms with Gasteiger partial charge >= 0.3 is 0 Å². The SMILES string of the molecule is CCOC1CC(NC(CC(C)C)CC(C)C)C1. The third-order valence-corrected chi connectivity index (χ3v) is 3.48. The van der Waals surface area contributed by atoms with Gasteiger partial charge in [0.2, 0.25) is 0 Å².